The Bertz CT molecular complexity index is 863. The first-order valence-electron chi connectivity index (χ1n) is 11.0. The molecule has 9 heteroatoms. The van der Waals surface area contributed by atoms with Crippen LogP contribution in [0.5, 0.6) is 0 Å². The zero-order chi connectivity index (χ0) is 22.2. The lowest BCUT2D eigenvalue weighted by Gasteiger charge is -2.40. The van der Waals surface area contributed by atoms with Crippen LogP contribution in [0, 0.1) is 19.8 Å². The van der Waals surface area contributed by atoms with Gasteiger partial charge in [0.15, 0.2) is 5.79 Å². The SMILES string of the molecule is COC(=O)c1c(C)[nH]c(C(=O)N2CCC[C@@H](C(=O)N3CCC4(CC3)OCCO4)C2)c1C. The van der Waals surface area contributed by atoms with E-state index in [0.717, 1.165) is 12.8 Å². The van der Waals surface area contributed by atoms with Gasteiger partial charge >= 0.3 is 5.97 Å². The molecule has 9 nitrogen and oxygen atoms in total. The minimum atomic E-state index is -0.508. The summed E-state index contributed by atoms with van der Waals surface area (Å²) < 4.78 is 16.3. The van der Waals surface area contributed by atoms with Gasteiger partial charge in [-0.1, -0.05) is 0 Å². The van der Waals surface area contributed by atoms with Crippen molar-refractivity contribution in [2.75, 3.05) is 46.5 Å². The van der Waals surface area contributed by atoms with Gasteiger partial charge in [0, 0.05) is 44.7 Å². The maximum atomic E-state index is 13.2. The highest BCUT2D eigenvalue weighted by Gasteiger charge is 2.42. The first kappa shape index (κ1) is 21.8. The number of amides is 2. The summed E-state index contributed by atoms with van der Waals surface area (Å²) in [6.07, 6.45) is 2.92. The predicted octanol–water partition coefficient (Wildman–Crippen LogP) is 1.64. The van der Waals surface area contributed by atoms with Crippen LogP contribution in [0.1, 0.15) is 57.8 Å². The Kier molecular flexibility index (Phi) is 6.07. The van der Waals surface area contributed by atoms with Crippen LogP contribution in [0.2, 0.25) is 0 Å². The Morgan fingerprint density at radius 2 is 1.74 bits per heavy atom. The number of esters is 1. The van der Waals surface area contributed by atoms with Gasteiger partial charge < -0.3 is 29.0 Å². The number of piperidine rings is 2. The number of carbonyl (C=O) groups is 3. The summed E-state index contributed by atoms with van der Waals surface area (Å²) in [5, 5.41) is 0. The second-order valence-corrected chi connectivity index (χ2v) is 8.64. The highest BCUT2D eigenvalue weighted by molar-refractivity contribution is 6.00. The number of aromatic amines is 1. The van der Waals surface area contributed by atoms with E-state index >= 15 is 0 Å². The number of rotatable bonds is 3. The van der Waals surface area contributed by atoms with E-state index in [0.29, 0.717) is 74.7 Å². The Morgan fingerprint density at radius 1 is 1.06 bits per heavy atom. The second kappa shape index (κ2) is 8.63. The third-order valence-corrected chi connectivity index (χ3v) is 6.75. The van der Waals surface area contributed by atoms with E-state index < -0.39 is 11.8 Å². The quantitative estimate of drug-likeness (QED) is 0.728. The fourth-order valence-electron chi connectivity index (χ4n) is 5.01. The summed E-state index contributed by atoms with van der Waals surface area (Å²) >= 11 is 0. The number of ether oxygens (including phenoxy) is 3. The molecule has 3 aliphatic rings. The average molecular weight is 434 g/mol. The molecule has 0 saturated carbocycles. The van der Waals surface area contributed by atoms with E-state index in [2.05, 4.69) is 4.98 Å². The maximum absolute atomic E-state index is 13.2. The molecule has 0 bridgehead atoms. The zero-order valence-corrected chi connectivity index (χ0v) is 18.5. The standard InChI is InChI=1S/C22H31N3O6/c1-14-17(21(28)29-3)15(2)23-18(14)20(27)25-8-4-5-16(13-25)19(26)24-9-6-22(7-10-24)30-11-12-31-22/h16,23H,4-13H2,1-3H3/t16-/m1/s1. The third-order valence-electron chi connectivity index (χ3n) is 6.75. The van der Waals surface area contributed by atoms with Crippen LogP contribution in [-0.4, -0.2) is 84.9 Å². The van der Waals surface area contributed by atoms with E-state index in [-0.39, 0.29) is 17.7 Å². The fraction of sp³-hybridized carbons (Fsp3) is 0.682. The molecule has 31 heavy (non-hydrogen) atoms. The number of methoxy groups -OCH3 is 1. The minimum Gasteiger partial charge on any atom is -0.465 e. The molecule has 2 amide bonds. The number of carbonyl (C=O) groups excluding carboxylic acids is 3. The largest absolute Gasteiger partial charge is 0.465 e. The van der Waals surface area contributed by atoms with Crippen LogP contribution >= 0.6 is 0 Å². The number of nitrogens with one attached hydrogen (secondary N) is 1. The summed E-state index contributed by atoms with van der Waals surface area (Å²) in [6.45, 7) is 6.93. The molecule has 3 aliphatic heterocycles. The summed E-state index contributed by atoms with van der Waals surface area (Å²) in [5.41, 5.74) is 1.98. The lowest BCUT2D eigenvalue weighted by Crippen LogP contribution is -2.52. The van der Waals surface area contributed by atoms with Crippen molar-refractivity contribution < 1.29 is 28.6 Å². The van der Waals surface area contributed by atoms with Crippen molar-refractivity contribution in [2.45, 2.75) is 45.3 Å². The van der Waals surface area contributed by atoms with Crippen molar-refractivity contribution in [1.29, 1.82) is 0 Å². The number of hydrogen-bond donors (Lipinski definition) is 1. The normalized spacial score (nSPS) is 23.3. The van der Waals surface area contributed by atoms with Crippen LogP contribution in [0.25, 0.3) is 0 Å². The van der Waals surface area contributed by atoms with Gasteiger partial charge in [-0.05, 0) is 32.3 Å². The highest BCUT2D eigenvalue weighted by atomic mass is 16.7. The van der Waals surface area contributed by atoms with E-state index in [1.165, 1.54) is 7.11 Å². The molecule has 3 fully saturated rings. The zero-order valence-electron chi connectivity index (χ0n) is 18.5. The molecule has 0 aliphatic carbocycles. The van der Waals surface area contributed by atoms with Gasteiger partial charge in [0.2, 0.25) is 5.91 Å². The van der Waals surface area contributed by atoms with Crippen LogP contribution in [-0.2, 0) is 19.0 Å². The number of hydrogen-bond acceptors (Lipinski definition) is 6. The van der Waals surface area contributed by atoms with E-state index in [4.69, 9.17) is 14.2 Å². The van der Waals surface area contributed by atoms with Crippen LogP contribution in [0.3, 0.4) is 0 Å². The average Bonchev–Trinajstić information content (AvgIpc) is 3.36. The molecule has 1 atom stereocenters. The number of aryl methyl sites for hydroxylation is 1. The van der Waals surface area contributed by atoms with Crippen molar-refractivity contribution >= 4 is 17.8 Å². The maximum Gasteiger partial charge on any atom is 0.339 e. The van der Waals surface area contributed by atoms with Crippen molar-refractivity contribution in [3.8, 4) is 0 Å². The minimum absolute atomic E-state index is 0.0972. The Labute approximate surface area is 182 Å². The van der Waals surface area contributed by atoms with Gasteiger partial charge in [0.25, 0.3) is 5.91 Å². The number of aromatic nitrogens is 1. The Hall–Kier alpha value is -2.39. The third kappa shape index (κ3) is 4.08. The molecular weight excluding hydrogens is 402 g/mol. The van der Waals surface area contributed by atoms with Crippen molar-refractivity contribution in [1.82, 2.24) is 14.8 Å². The van der Waals surface area contributed by atoms with Crippen molar-refractivity contribution in [2.24, 2.45) is 5.92 Å². The van der Waals surface area contributed by atoms with E-state index in [9.17, 15) is 14.4 Å². The number of nitrogens with zero attached hydrogens (tertiary/aromatic N) is 2. The van der Waals surface area contributed by atoms with Gasteiger partial charge in [0.05, 0.1) is 31.8 Å². The molecule has 3 saturated heterocycles. The van der Waals surface area contributed by atoms with Gasteiger partial charge in [-0.2, -0.15) is 0 Å². The monoisotopic (exact) mass is 433 g/mol. The van der Waals surface area contributed by atoms with Gasteiger partial charge in [-0.15, -0.1) is 0 Å². The molecule has 1 aromatic rings. The van der Waals surface area contributed by atoms with Crippen LogP contribution < -0.4 is 0 Å². The van der Waals surface area contributed by atoms with Gasteiger partial charge in [-0.25, -0.2) is 4.79 Å². The van der Waals surface area contributed by atoms with Gasteiger partial charge in [-0.3, -0.25) is 9.59 Å². The number of likely N-dealkylation sites (tertiary alicyclic amines) is 2. The molecule has 0 aromatic carbocycles. The smallest absolute Gasteiger partial charge is 0.339 e. The lowest BCUT2D eigenvalue weighted by atomic mass is 9.94. The molecule has 170 valence electrons. The van der Waals surface area contributed by atoms with Crippen molar-refractivity contribution in [3.63, 3.8) is 0 Å². The first-order valence-corrected chi connectivity index (χ1v) is 11.0. The molecule has 1 N–H and O–H groups in total. The number of H-pyrrole nitrogens is 1. The molecule has 1 aromatic heterocycles. The van der Waals surface area contributed by atoms with Crippen LogP contribution in [0.15, 0.2) is 0 Å². The molecule has 0 radical (unpaired) electrons. The highest BCUT2D eigenvalue weighted by Crippen LogP contribution is 2.32. The molecular formula is C22H31N3O6. The topological polar surface area (TPSA) is 101 Å². The molecule has 4 heterocycles. The summed E-state index contributed by atoms with van der Waals surface area (Å²) in [7, 11) is 1.32. The first-order chi connectivity index (χ1) is 14.8. The molecule has 0 unspecified atom stereocenters. The van der Waals surface area contributed by atoms with E-state index in [1.54, 1.807) is 18.7 Å². The summed E-state index contributed by atoms with van der Waals surface area (Å²) in [6, 6.07) is 0. The van der Waals surface area contributed by atoms with Gasteiger partial charge in [0.1, 0.15) is 5.69 Å². The summed E-state index contributed by atoms with van der Waals surface area (Å²) in [5.74, 6) is -1.27. The predicted molar refractivity (Wildman–Crippen MR) is 111 cm³/mol. The molecule has 1 spiro atoms. The lowest BCUT2D eigenvalue weighted by molar-refractivity contribution is -0.188. The Morgan fingerprint density at radius 3 is 2.39 bits per heavy atom. The molecule has 4 rings (SSSR count). The Balaban J connectivity index is 1.41. The van der Waals surface area contributed by atoms with E-state index in [1.807, 2.05) is 4.90 Å². The van der Waals surface area contributed by atoms with Crippen LogP contribution in [0.4, 0.5) is 0 Å². The second-order valence-electron chi connectivity index (χ2n) is 8.64. The summed E-state index contributed by atoms with van der Waals surface area (Å²) in [4.78, 5) is 45.0. The van der Waals surface area contributed by atoms with Crippen molar-refractivity contribution in [3.05, 3.63) is 22.5 Å². The fourth-order valence-corrected chi connectivity index (χ4v) is 5.01.